The molecule has 0 aromatic heterocycles. The van der Waals surface area contributed by atoms with Crippen LogP contribution in [-0.2, 0) is 4.74 Å². The van der Waals surface area contributed by atoms with Crippen molar-refractivity contribution in [3.05, 3.63) is 27.7 Å². The highest BCUT2D eigenvalue weighted by molar-refractivity contribution is 9.10. The van der Waals surface area contributed by atoms with E-state index in [0.717, 1.165) is 19.3 Å². The van der Waals surface area contributed by atoms with Gasteiger partial charge in [0, 0.05) is 16.6 Å². The Morgan fingerprint density at radius 1 is 1.47 bits per heavy atom. The van der Waals surface area contributed by atoms with Crippen LogP contribution in [0.5, 0.6) is 0 Å². The summed E-state index contributed by atoms with van der Waals surface area (Å²) in [7, 11) is 0. The van der Waals surface area contributed by atoms with Gasteiger partial charge in [0.1, 0.15) is 12.3 Å². The molecule has 0 aliphatic carbocycles. The van der Waals surface area contributed by atoms with Crippen molar-refractivity contribution in [3.8, 4) is 6.07 Å². The maximum atomic E-state index is 14.2. The van der Waals surface area contributed by atoms with Crippen molar-refractivity contribution in [2.45, 2.75) is 31.8 Å². The standard InChI is InChI=1S/C13H13BrFN3O/c14-9-4-5-10-12(8(9)7-16)13(15)17-18(10)11-3-1-2-6-19-11/h4-5,11,13,17H,1-3,6H2. The molecule has 0 radical (unpaired) electrons. The van der Waals surface area contributed by atoms with Crippen LogP contribution in [0.3, 0.4) is 0 Å². The number of nitrogens with one attached hydrogen (secondary N) is 1. The molecule has 1 N–H and O–H groups in total. The number of hydrogen-bond acceptors (Lipinski definition) is 4. The van der Waals surface area contributed by atoms with E-state index < -0.39 is 6.30 Å². The summed E-state index contributed by atoms with van der Waals surface area (Å²) in [4.78, 5) is 0. The Morgan fingerprint density at radius 2 is 2.32 bits per heavy atom. The molecule has 1 fully saturated rings. The minimum Gasteiger partial charge on any atom is -0.357 e. The van der Waals surface area contributed by atoms with Gasteiger partial charge in [0.2, 0.25) is 0 Å². The second-order valence-corrected chi connectivity index (χ2v) is 5.50. The average molecular weight is 326 g/mol. The maximum absolute atomic E-state index is 14.2. The van der Waals surface area contributed by atoms with Gasteiger partial charge < -0.3 is 4.74 Å². The molecule has 19 heavy (non-hydrogen) atoms. The zero-order valence-electron chi connectivity index (χ0n) is 10.2. The molecule has 0 saturated carbocycles. The Labute approximate surface area is 119 Å². The summed E-state index contributed by atoms with van der Waals surface area (Å²) >= 11 is 3.29. The molecule has 1 aromatic rings. The highest BCUT2D eigenvalue weighted by Gasteiger charge is 2.36. The van der Waals surface area contributed by atoms with Crippen LogP contribution in [0, 0.1) is 11.3 Å². The van der Waals surface area contributed by atoms with Crippen molar-refractivity contribution >= 4 is 21.6 Å². The van der Waals surface area contributed by atoms with Gasteiger partial charge in [0.05, 0.1) is 11.3 Å². The Kier molecular flexibility index (Phi) is 3.44. The van der Waals surface area contributed by atoms with Gasteiger partial charge in [-0.05, 0) is 47.3 Å². The van der Waals surface area contributed by atoms with Crippen molar-refractivity contribution < 1.29 is 9.13 Å². The van der Waals surface area contributed by atoms with Crippen molar-refractivity contribution in [1.29, 1.82) is 5.26 Å². The molecule has 2 heterocycles. The molecule has 2 unspecified atom stereocenters. The Hall–Kier alpha value is -1.16. The monoisotopic (exact) mass is 325 g/mol. The van der Waals surface area contributed by atoms with Gasteiger partial charge in [-0.15, -0.1) is 0 Å². The lowest BCUT2D eigenvalue weighted by Gasteiger charge is -2.32. The molecule has 1 aromatic carbocycles. The first kappa shape index (κ1) is 12.9. The molecule has 0 spiro atoms. The molecule has 2 aliphatic rings. The van der Waals surface area contributed by atoms with E-state index in [1.54, 1.807) is 11.1 Å². The van der Waals surface area contributed by atoms with Gasteiger partial charge in [-0.25, -0.2) is 4.39 Å². The van der Waals surface area contributed by atoms with Crippen molar-refractivity contribution in [2.24, 2.45) is 0 Å². The number of hydrogen-bond donors (Lipinski definition) is 1. The minimum atomic E-state index is -1.37. The number of rotatable bonds is 1. The number of anilines is 1. The molecule has 0 bridgehead atoms. The van der Waals surface area contributed by atoms with E-state index in [2.05, 4.69) is 27.4 Å². The lowest BCUT2D eigenvalue weighted by Crippen LogP contribution is -2.45. The summed E-state index contributed by atoms with van der Waals surface area (Å²) in [5.74, 6) is 0. The van der Waals surface area contributed by atoms with Gasteiger partial charge in [0.25, 0.3) is 0 Å². The maximum Gasteiger partial charge on any atom is 0.196 e. The molecule has 0 amide bonds. The summed E-state index contributed by atoms with van der Waals surface area (Å²) < 4.78 is 20.5. The van der Waals surface area contributed by atoms with Crippen LogP contribution in [-0.4, -0.2) is 12.8 Å². The fraction of sp³-hybridized carbons (Fsp3) is 0.462. The third-order valence-corrected chi connectivity index (χ3v) is 4.15. The normalized spacial score (nSPS) is 26.1. The number of benzene rings is 1. The first-order chi connectivity index (χ1) is 9.22. The quantitative estimate of drug-likeness (QED) is 0.806. The van der Waals surface area contributed by atoms with Crippen LogP contribution >= 0.6 is 15.9 Å². The van der Waals surface area contributed by atoms with Gasteiger partial charge >= 0.3 is 0 Å². The zero-order valence-corrected chi connectivity index (χ0v) is 11.8. The Balaban J connectivity index is 2.00. The predicted octanol–water partition coefficient (Wildman–Crippen LogP) is 3.14. The van der Waals surface area contributed by atoms with Crippen LogP contribution in [0.1, 0.15) is 36.7 Å². The number of halogens is 2. The molecular weight excluding hydrogens is 313 g/mol. The van der Waals surface area contributed by atoms with Crippen molar-refractivity contribution in [2.75, 3.05) is 11.6 Å². The first-order valence-electron chi connectivity index (χ1n) is 6.26. The lowest BCUT2D eigenvalue weighted by molar-refractivity contribution is 0.00520. The van der Waals surface area contributed by atoms with E-state index >= 15 is 0 Å². The highest BCUT2D eigenvalue weighted by atomic mass is 79.9. The van der Waals surface area contributed by atoms with E-state index in [1.165, 1.54) is 0 Å². The number of ether oxygens (including phenoxy) is 1. The SMILES string of the molecule is N#Cc1c(Br)ccc2c1C(F)NN2C1CCCCO1. The van der Waals surface area contributed by atoms with E-state index in [9.17, 15) is 9.65 Å². The Bertz CT molecular complexity index is 539. The highest BCUT2D eigenvalue weighted by Crippen LogP contribution is 2.40. The molecule has 100 valence electrons. The zero-order chi connectivity index (χ0) is 13.4. The number of hydrazine groups is 1. The molecule has 6 heteroatoms. The summed E-state index contributed by atoms with van der Waals surface area (Å²) in [6.45, 7) is 0.691. The molecule has 2 aliphatic heterocycles. The number of nitrogens with zero attached hydrogens (tertiary/aromatic N) is 2. The second-order valence-electron chi connectivity index (χ2n) is 4.65. The van der Waals surface area contributed by atoms with E-state index in [-0.39, 0.29) is 6.23 Å². The van der Waals surface area contributed by atoms with Gasteiger partial charge in [-0.2, -0.15) is 10.7 Å². The molecule has 1 saturated heterocycles. The summed E-state index contributed by atoms with van der Waals surface area (Å²) in [5.41, 5.74) is 4.19. The average Bonchev–Trinajstić information content (AvgIpc) is 2.77. The van der Waals surface area contributed by atoms with Crippen LogP contribution in [0.25, 0.3) is 0 Å². The third-order valence-electron chi connectivity index (χ3n) is 3.49. The van der Waals surface area contributed by atoms with Crippen molar-refractivity contribution in [3.63, 3.8) is 0 Å². The summed E-state index contributed by atoms with van der Waals surface area (Å²) in [6, 6.07) is 5.64. The number of nitriles is 1. The molecule has 3 rings (SSSR count). The fourth-order valence-electron chi connectivity index (χ4n) is 2.58. The molecular formula is C13H13BrFN3O. The lowest BCUT2D eigenvalue weighted by atomic mass is 10.1. The van der Waals surface area contributed by atoms with Gasteiger partial charge in [-0.3, -0.25) is 5.01 Å². The summed E-state index contributed by atoms with van der Waals surface area (Å²) in [5, 5.41) is 10.9. The topological polar surface area (TPSA) is 48.3 Å². The Morgan fingerprint density at radius 3 is 3.00 bits per heavy atom. The second kappa shape index (κ2) is 5.08. The summed E-state index contributed by atoms with van der Waals surface area (Å²) in [6.07, 6.45) is 1.43. The number of alkyl halides is 1. The van der Waals surface area contributed by atoms with E-state index in [1.807, 2.05) is 6.07 Å². The molecule has 2 atom stereocenters. The smallest absolute Gasteiger partial charge is 0.196 e. The van der Waals surface area contributed by atoms with Crippen LogP contribution in [0.15, 0.2) is 16.6 Å². The van der Waals surface area contributed by atoms with Crippen LogP contribution < -0.4 is 10.4 Å². The minimum absolute atomic E-state index is 0.166. The first-order valence-corrected chi connectivity index (χ1v) is 7.05. The largest absolute Gasteiger partial charge is 0.357 e. The van der Waals surface area contributed by atoms with E-state index in [0.29, 0.717) is 27.9 Å². The van der Waals surface area contributed by atoms with Gasteiger partial charge in [-0.1, -0.05) is 0 Å². The number of fused-ring (bicyclic) bond motifs is 1. The van der Waals surface area contributed by atoms with Crippen molar-refractivity contribution in [1.82, 2.24) is 5.43 Å². The predicted molar refractivity (Wildman–Crippen MR) is 71.9 cm³/mol. The van der Waals surface area contributed by atoms with E-state index in [4.69, 9.17) is 4.74 Å². The van der Waals surface area contributed by atoms with Crippen LogP contribution in [0.2, 0.25) is 0 Å². The third kappa shape index (κ3) is 2.12. The van der Waals surface area contributed by atoms with Gasteiger partial charge in [0.15, 0.2) is 6.30 Å². The van der Waals surface area contributed by atoms with Crippen LogP contribution in [0.4, 0.5) is 10.1 Å². The fourth-order valence-corrected chi connectivity index (χ4v) is 3.02. The molecule has 4 nitrogen and oxygen atoms in total.